The van der Waals surface area contributed by atoms with Crippen molar-refractivity contribution in [1.29, 1.82) is 0 Å². The summed E-state index contributed by atoms with van der Waals surface area (Å²) < 4.78 is 7.01. The molecule has 0 unspecified atom stereocenters. The summed E-state index contributed by atoms with van der Waals surface area (Å²) in [7, 11) is 0. The van der Waals surface area contributed by atoms with Crippen LogP contribution >= 0.6 is 11.6 Å². The van der Waals surface area contributed by atoms with E-state index in [1.54, 1.807) is 10.8 Å². The summed E-state index contributed by atoms with van der Waals surface area (Å²) in [4.78, 5) is 16.5. The Labute approximate surface area is 155 Å². The second kappa shape index (κ2) is 6.61. The molecule has 2 aromatic carbocycles. The number of halogens is 1. The Balaban J connectivity index is 1.74. The molecular formula is C20H14ClN3O2. The molecule has 0 aliphatic carbocycles. The zero-order valence-corrected chi connectivity index (χ0v) is 14.6. The summed E-state index contributed by atoms with van der Waals surface area (Å²) in [6, 6.07) is 18.9. The molecule has 0 atom stereocenters. The van der Waals surface area contributed by atoms with Crippen LogP contribution in [-0.2, 0) is 9.53 Å². The largest absolute Gasteiger partial charge is 0.402 e. The van der Waals surface area contributed by atoms with Gasteiger partial charge in [-0.05, 0) is 37.3 Å². The van der Waals surface area contributed by atoms with Crippen LogP contribution < -0.4 is 0 Å². The fourth-order valence-electron chi connectivity index (χ4n) is 2.71. The van der Waals surface area contributed by atoms with E-state index >= 15 is 0 Å². The van der Waals surface area contributed by atoms with Gasteiger partial charge in [0.25, 0.3) is 0 Å². The number of hydrogen-bond donors (Lipinski definition) is 0. The van der Waals surface area contributed by atoms with Gasteiger partial charge in [-0.2, -0.15) is 5.10 Å². The van der Waals surface area contributed by atoms with Gasteiger partial charge in [-0.15, -0.1) is 0 Å². The first-order chi connectivity index (χ1) is 12.6. The van der Waals surface area contributed by atoms with E-state index in [2.05, 4.69) is 10.1 Å². The topological polar surface area (TPSA) is 56.5 Å². The van der Waals surface area contributed by atoms with Crippen LogP contribution in [0.25, 0.3) is 11.8 Å². The van der Waals surface area contributed by atoms with Crippen molar-refractivity contribution >= 4 is 29.5 Å². The third kappa shape index (κ3) is 2.93. The molecule has 4 rings (SSSR count). The van der Waals surface area contributed by atoms with Crippen molar-refractivity contribution in [3.63, 3.8) is 0 Å². The Morgan fingerprint density at radius 1 is 1.04 bits per heavy atom. The van der Waals surface area contributed by atoms with E-state index in [9.17, 15) is 4.79 Å². The number of nitrogens with zero attached hydrogens (tertiary/aromatic N) is 3. The van der Waals surface area contributed by atoms with Crippen LogP contribution in [-0.4, -0.2) is 21.6 Å². The molecule has 0 fully saturated rings. The predicted molar refractivity (Wildman–Crippen MR) is 100 cm³/mol. The van der Waals surface area contributed by atoms with Crippen LogP contribution in [0.4, 0.5) is 0 Å². The van der Waals surface area contributed by atoms with Gasteiger partial charge in [-0.3, -0.25) is 0 Å². The molecule has 1 aliphatic rings. The molecule has 0 saturated heterocycles. The minimum absolute atomic E-state index is 0.196. The highest BCUT2D eigenvalue weighted by molar-refractivity contribution is 6.31. The normalized spacial score (nSPS) is 15.2. The van der Waals surface area contributed by atoms with Gasteiger partial charge in [-0.1, -0.05) is 48.0 Å². The molecule has 6 heteroatoms. The smallest absolute Gasteiger partial charge is 0.363 e. The van der Waals surface area contributed by atoms with Crippen molar-refractivity contribution in [2.75, 3.05) is 0 Å². The van der Waals surface area contributed by atoms with Crippen LogP contribution in [0.3, 0.4) is 0 Å². The molecule has 0 amide bonds. The molecule has 128 valence electrons. The summed E-state index contributed by atoms with van der Waals surface area (Å²) >= 11 is 6.30. The number of esters is 1. The van der Waals surface area contributed by atoms with E-state index in [-0.39, 0.29) is 11.6 Å². The lowest BCUT2D eigenvalue weighted by Crippen LogP contribution is -2.05. The number of carbonyl (C=O) groups is 1. The van der Waals surface area contributed by atoms with Gasteiger partial charge in [0, 0.05) is 11.1 Å². The molecule has 0 saturated carbocycles. The summed E-state index contributed by atoms with van der Waals surface area (Å²) in [5, 5.41) is 4.66. The quantitative estimate of drug-likeness (QED) is 0.518. The molecule has 0 spiro atoms. The number of benzene rings is 2. The van der Waals surface area contributed by atoms with Crippen LogP contribution in [0, 0.1) is 6.92 Å². The standard InChI is InChI=1S/C20H14ClN3O2/c1-13-16(18(21)23-24(13)15-10-6-3-7-11-15)12-17-20(25)26-19(22-17)14-8-4-2-5-9-14/h2-12H,1H3. The second-order valence-corrected chi connectivity index (χ2v) is 6.10. The lowest BCUT2D eigenvalue weighted by molar-refractivity contribution is -0.129. The molecule has 1 aliphatic heterocycles. The van der Waals surface area contributed by atoms with E-state index in [0.29, 0.717) is 10.7 Å². The van der Waals surface area contributed by atoms with Crippen LogP contribution in [0.15, 0.2) is 71.4 Å². The van der Waals surface area contributed by atoms with Crippen molar-refractivity contribution in [3.8, 4) is 5.69 Å². The van der Waals surface area contributed by atoms with Crippen molar-refractivity contribution in [1.82, 2.24) is 9.78 Å². The Kier molecular flexibility index (Phi) is 4.14. The molecule has 2 heterocycles. The Bertz CT molecular complexity index is 1040. The van der Waals surface area contributed by atoms with Gasteiger partial charge in [0.2, 0.25) is 5.90 Å². The van der Waals surface area contributed by atoms with E-state index in [4.69, 9.17) is 16.3 Å². The Morgan fingerprint density at radius 3 is 2.38 bits per heavy atom. The number of hydrogen-bond acceptors (Lipinski definition) is 4. The summed E-state index contributed by atoms with van der Waals surface area (Å²) in [5.74, 6) is -0.224. The zero-order chi connectivity index (χ0) is 18.1. The van der Waals surface area contributed by atoms with Gasteiger partial charge in [-0.25, -0.2) is 14.5 Å². The number of aromatic nitrogens is 2. The monoisotopic (exact) mass is 363 g/mol. The first kappa shape index (κ1) is 16.3. The molecular weight excluding hydrogens is 350 g/mol. The van der Waals surface area contributed by atoms with Gasteiger partial charge < -0.3 is 4.74 Å². The highest BCUT2D eigenvalue weighted by Gasteiger charge is 2.25. The second-order valence-electron chi connectivity index (χ2n) is 5.74. The number of ether oxygens (including phenoxy) is 1. The summed E-state index contributed by atoms with van der Waals surface area (Å²) in [5.41, 5.74) is 3.28. The number of carbonyl (C=O) groups excluding carboxylic acids is 1. The third-order valence-corrected chi connectivity index (χ3v) is 4.32. The summed E-state index contributed by atoms with van der Waals surface area (Å²) in [6.07, 6.45) is 1.61. The van der Waals surface area contributed by atoms with Crippen LogP contribution in [0.2, 0.25) is 5.15 Å². The number of aliphatic imine (C=N–C) groups is 1. The highest BCUT2D eigenvalue weighted by atomic mass is 35.5. The van der Waals surface area contributed by atoms with E-state index < -0.39 is 5.97 Å². The average Bonchev–Trinajstić information content (AvgIpc) is 3.18. The Hall–Kier alpha value is -3.18. The van der Waals surface area contributed by atoms with Crippen molar-refractivity contribution in [3.05, 3.63) is 88.3 Å². The number of para-hydroxylation sites is 1. The third-order valence-electron chi connectivity index (χ3n) is 4.04. The first-order valence-electron chi connectivity index (χ1n) is 8.02. The summed E-state index contributed by atoms with van der Waals surface area (Å²) in [6.45, 7) is 1.89. The van der Waals surface area contributed by atoms with Crippen LogP contribution in [0.1, 0.15) is 16.8 Å². The number of cyclic esters (lactones) is 1. The minimum Gasteiger partial charge on any atom is -0.402 e. The van der Waals surface area contributed by atoms with E-state index in [1.807, 2.05) is 67.6 Å². The van der Waals surface area contributed by atoms with Gasteiger partial charge in [0.15, 0.2) is 10.9 Å². The lowest BCUT2D eigenvalue weighted by Gasteiger charge is -2.03. The Morgan fingerprint density at radius 2 is 1.69 bits per heavy atom. The fourth-order valence-corrected chi connectivity index (χ4v) is 2.98. The van der Waals surface area contributed by atoms with Crippen molar-refractivity contribution in [2.24, 2.45) is 4.99 Å². The lowest BCUT2D eigenvalue weighted by atomic mass is 10.2. The van der Waals surface area contributed by atoms with Gasteiger partial charge in [0.1, 0.15) is 0 Å². The predicted octanol–water partition coefficient (Wildman–Crippen LogP) is 4.18. The molecule has 1 aromatic heterocycles. The number of rotatable bonds is 3. The van der Waals surface area contributed by atoms with Crippen LogP contribution in [0.5, 0.6) is 0 Å². The molecule has 0 N–H and O–H groups in total. The van der Waals surface area contributed by atoms with Gasteiger partial charge >= 0.3 is 5.97 Å². The molecule has 0 radical (unpaired) electrons. The molecule has 5 nitrogen and oxygen atoms in total. The molecule has 0 bridgehead atoms. The molecule has 3 aromatic rings. The maximum atomic E-state index is 12.2. The average molecular weight is 364 g/mol. The van der Waals surface area contributed by atoms with E-state index in [0.717, 1.165) is 16.9 Å². The van der Waals surface area contributed by atoms with Crippen molar-refractivity contribution in [2.45, 2.75) is 6.92 Å². The maximum Gasteiger partial charge on any atom is 0.363 e. The SMILES string of the molecule is Cc1c(C=C2N=C(c3ccccc3)OC2=O)c(Cl)nn1-c1ccccc1. The zero-order valence-electron chi connectivity index (χ0n) is 13.9. The fraction of sp³-hybridized carbons (Fsp3) is 0.0500. The van der Waals surface area contributed by atoms with E-state index in [1.165, 1.54) is 0 Å². The van der Waals surface area contributed by atoms with Crippen molar-refractivity contribution < 1.29 is 9.53 Å². The van der Waals surface area contributed by atoms with Gasteiger partial charge in [0.05, 0.1) is 11.4 Å². The maximum absolute atomic E-state index is 12.2. The first-order valence-corrected chi connectivity index (χ1v) is 8.40. The highest BCUT2D eigenvalue weighted by Crippen LogP contribution is 2.27. The molecule has 26 heavy (non-hydrogen) atoms. The minimum atomic E-state index is -0.508.